The number of hydrogen-bond donors (Lipinski definition) is 3. The minimum atomic E-state index is -0.958. The Morgan fingerprint density at radius 2 is 2.40 bits per heavy atom. The van der Waals surface area contributed by atoms with Gasteiger partial charge in [-0.1, -0.05) is 18.7 Å². The normalized spacial score (nSPS) is 21.9. The van der Waals surface area contributed by atoms with Crippen LogP contribution in [-0.4, -0.2) is 40.6 Å². The number of rotatable bonds is 4. The second-order valence-corrected chi connectivity index (χ2v) is 4.27. The molecule has 2 amide bonds. The number of carbonyl (C=O) groups is 3. The summed E-state index contributed by atoms with van der Waals surface area (Å²) in [5.74, 6) is -1.52. The van der Waals surface area contributed by atoms with Crippen molar-refractivity contribution >= 4 is 28.9 Å². The van der Waals surface area contributed by atoms with Gasteiger partial charge in [-0.05, 0) is 0 Å². The largest absolute Gasteiger partial charge is 0.481 e. The fourth-order valence-electron chi connectivity index (χ4n) is 0.990. The van der Waals surface area contributed by atoms with Crippen molar-refractivity contribution in [1.29, 1.82) is 0 Å². The number of thioether (sulfide) groups is 1. The smallest absolute Gasteiger partial charge is 0.308 e. The van der Waals surface area contributed by atoms with E-state index in [1.165, 1.54) is 6.92 Å². The van der Waals surface area contributed by atoms with Gasteiger partial charge >= 0.3 is 5.97 Å². The molecule has 1 saturated heterocycles. The molecular formula is C8H12N2O4S. The molecule has 0 radical (unpaired) electrons. The SMILES string of the molecule is CC(CNC(=O)C1CSC(=O)N1)C(=O)O. The zero-order valence-electron chi connectivity index (χ0n) is 8.15. The predicted molar refractivity (Wildman–Crippen MR) is 54.6 cm³/mol. The molecule has 0 aromatic carbocycles. The van der Waals surface area contributed by atoms with Crippen LogP contribution in [0.1, 0.15) is 6.92 Å². The molecule has 84 valence electrons. The van der Waals surface area contributed by atoms with E-state index in [9.17, 15) is 14.4 Å². The van der Waals surface area contributed by atoms with Gasteiger partial charge in [0.2, 0.25) is 5.91 Å². The zero-order valence-corrected chi connectivity index (χ0v) is 8.97. The summed E-state index contributed by atoms with van der Waals surface area (Å²) in [4.78, 5) is 32.6. The van der Waals surface area contributed by atoms with Crippen LogP contribution in [0.4, 0.5) is 4.79 Å². The molecule has 0 aromatic rings. The van der Waals surface area contributed by atoms with Gasteiger partial charge in [-0.25, -0.2) is 0 Å². The summed E-state index contributed by atoms with van der Waals surface area (Å²) in [5.41, 5.74) is 0. The second kappa shape index (κ2) is 5.01. The van der Waals surface area contributed by atoms with Crippen molar-refractivity contribution in [2.24, 2.45) is 5.92 Å². The number of hydrogen-bond acceptors (Lipinski definition) is 4. The van der Waals surface area contributed by atoms with Gasteiger partial charge in [0.15, 0.2) is 0 Å². The molecule has 15 heavy (non-hydrogen) atoms. The third-order valence-electron chi connectivity index (χ3n) is 1.99. The van der Waals surface area contributed by atoms with Crippen LogP contribution in [0, 0.1) is 5.92 Å². The average molecular weight is 232 g/mol. The fraction of sp³-hybridized carbons (Fsp3) is 0.625. The van der Waals surface area contributed by atoms with Crippen molar-refractivity contribution in [2.75, 3.05) is 12.3 Å². The Bertz CT molecular complexity index is 294. The second-order valence-electron chi connectivity index (χ2n) is 3.28. The highest BCUT2D eigenvalue weighted by Crippen LogP contribution is 2.12. The van der Waals surface area contributed by atoms with Crippen LogP contribution in [0.15, 0.2) is 0 Å². The molecule has 2 atom stereocenters. The molecule has 0 spiro atoms. The molecule has 1 heterocycles. The number of carboxylic acids is 1. The maximum Gasteiger partial charge on any atom is 0.308 e. The first-order chi connectivity index (χ1) is 7.00. The Kier molecular flexibility index (Phi) is 3.96. The third kappa shape index (κ3) is 3.43. The average Bonchev–Trinajstić information content (AvgIpc) is 2.60. The highest BCUT2D eigenvalue weighted by Gasteiger charge is 2.28. The van der Waals surface area contributed by atoms with E-state index in [0.717, 1.165) is 11.8 Å². The van der Waals surface area contributed by atoms with Crippen molar-refractivity contribution in [3.8, 4) is 0 Å². The summed E-state index contributed by atoms with van der Waals surface area (Å²) in [6.07, 6.45) is 0. The Labute approximate surface area is 90.8 Å². The molecule has 3 N–H and O–H groups in total. The molecule has 0 bridgehead atoms. The highest BCUT2D eigenvalue weighted by molar-refractivity contribution is 8.14. The maximum absolute atomic E-state index is 11.4. The first kappa shape index (κ1) is 11.8. The van der Waals surface area contributed by atoms with Crippen LogP contribution in [0.5, 0.6) is 0 Å². The third-order valence-corrected chi connectivity index (χ3v) is 2.87. The van der Waals surface area contributed by atoms with Crippen LogP contribution >= 0.6 is 11.8 Å². The molecule has 6 nitrogen and oxygen atoms in total. The number of amides is 2. The van der Waals surface area contributed by atoms with E-state index < -0.39 is 17.9 Å². The standard InChI is InChI=1S/C8H12N2O4S/c1-4(7(12)13)2-9-6(11)5-3-15-8(14)10-5/h4-5H,2-3H2,1H3,(H,9,11)(H,10,14)(H,12,13). The molecule has 1 aliphatic heterocycles. The van der Waals surface area contributed by atoms with E-state index >= 15 is 0 Å². The lowest BCUT2D eigenvalue weighted by Gasteiger charge is -2.11. The lowest BCUT2D eigenvalue weighted by molar-refractivity contribution is -0.141. The minimum absolute atomic E-state index is 0.0746. The maximum atomic E-state index is 11.4. The Hall–Kier alpha value is -1.24. The lowest BCUT2D eigenvalue weighted by Crippen LogP contribution is -2.44. The van der Waals surface area contributed by atoms with Crippen molar-refractivity contribution in [1.82, 2.24) is 10.6 Å². The van der Waals surface area contributed by atoms with Crippen LogP contribution in [0.25, 0.3) is 0 Å². The highest BCUT2D eigenvalue weighted by atomic mass is 32.2. The van der Waals surface area contributed by atoms with Gasteiger partial charge < -0.3 is 15.7 Å². The summed E-state index contributed by atoms with van der Waals surface area (Å²) >= 11 is 1.05. The van der Waals surface area contributed by atoms with Gasteiger partial charge in [-0.3, -0.25) is 14.4 Å². The van der Waals surface area contributed by atoms with Gasteiger partial charge in [0, 0.05) is 12.3 Å². The predicted octanol–water partition coefficient (Wildman–Crippen LogP) is -0.352. The number of carbonyl (C=O) groups excluding carboxylic acids is 2. The first-order valence-corrected chi connectivity index (χ1v) is 5.43. The van der Waals surface area contributed by atoms with E-state index in [2.05, 4.69) is 10.6 Å². The van der Waals surface area contributed by atoms with Crippen LogP contribution in [0.3, 0.4) is 0 Å². The Morgan fingerprint density at radius 3 is 2.87 bits per heavy atom. The van der Waals surface area contributed by atoms with Gasteiger partial charge in [-0.15, -0.1) is 0 Å². The van der Waals surface area contributed by atoms with E-state index in [1.807, 2.05) is 0 Å². The first-order valence-electron chi connectivity index (χ1n) is 4.44. The summed E-state index contributed by atoms with van der Waals surface area (Å²) < 4.78 is 0. The summed E-state index contributed by atoms with van der Waals surface area (Å²) in [6.45, 7) is 1.58. The van der Waals surface area contributed by atoms with Crippen LogP contribution in [-0.2, 0) is 9.59 Å². The Morgan fingerprint density at radius 1 is 1.73 bits per heavy atom. The monoisotopic (exact) mass is 232 g/mol. The van der Waals surface area contributed by atoms with Gasteiger partial charge in [0.25, 0.3) is 5.24 Å². The topological polar surface area (TPSA) is 95.5 Å². The van der Waals surface area contributed by atoms with Crippen LogP contribution in [0.2, 0.25) is 0 Å². The summed E-state index contributed by atoms with van der Waals surface area (Å²) in [7, 11) is 0. The molecular weight excluding hydrogens is 220 g/mol. The number of nitrogens with one attached hydrogen (secondary N) is 2. The Balaban J connectivity index is 2.30. The van der Waals surface area contributed by atoms with Gasteiger partial charge in [0.1, 0.15) is 6.04 Å². The lowest BCUT2D eigenvalue weighted by atomic mass is 10.2. The van der Waals surface area contributed by atoms with Gasteiger partial charge in [0.05, 0.1) is 5.92 Å². The summed E-state index contributed by atoms with van der Waals surface area (Å²) in [5, 5.41) is 13.3. The number of aliphatic carboxylic acids is 1. The molecule has 1 rings (SSSR count). The molecule has 0 aromatic heterocycles. The number of carboxylic acid groups (broad SMARTS) is 1. The van der Waals surface area contributed by atoms with E-state index in [4.69, 9.17) is 5.11 Å². The molecule has 1 fully saturated rings. The van der Waals surface area contributed by atoms with Crippen molar-refractivity contribution in [2.45, 2.75) is 13.0 Å². The molecule has 2 unspecified atom stereocenters. The molecule has 1 aliphatic rings. The van der Waals surface area contributed by atoms with E-state index in [-0.39, 0.29) is 17.7 Å². The fourth-order valence-corrected chi connectivity index (χ4v) is 1.77. The summed E-state index contributed by atoms with van der Waals surface area (Å²) in [6, 6.07) is -0.538. The van der Waals surface area contributed by atoms with Crippen molar-refractivity contribution in [3.05, 3.63) is 0 Å². The van der Waals surface area contributed by atoms with Crippen molar-refractivity contribution < 1.29 is 19.5 Å². The molecule has 0 saturated carbocycles. The van der Waals surface area contributed by atoms with Gasteiger partial charge in [-0.2, -0.15) is 0 Å². The van der Waals surface area contributed by atoms with E-state index in [1.54, 1.807) is 0 Å². The van der Waals surface area contributed by atoms with Crippen LogP contribution < -0.4 is 10.6 Å². The van der Waals surface area contributed by atoms with Crippen molar-refractivity contribution in [3.63, 3.8) is 0 Å². The van der Waals surface area contributed by atoms with E-state index in [0.29, 0.717) is 5.75 Å². The minimum Gasteiger partial charge on any atom is -0.481 e. The molecule has 7 heteroatoms. The zero-order chi connectivity index (χ0) is 11.4. The molecule has 0 aliphatic carbocycles. The quantitative estimate of drug-likeness (QED) is 0.615.